The fourth-order valence-corrected chi connectivity index (χ4v) is 2.21. The van der Waals surface area contributed by atoms with Crippen molar-refractivity contribution in [1.82, 2.24) is 10.3 Å². The number of amides is 2. The first kappa shape index (κ1) is 15.6. The average Bonchev–Trinajstić information content (AvgIpc) is 3.15. The molecule has 6 heteroatoms. The molecule has 24 heavy (non-hydrogen) atoms. The Morgan fingerprint density at radius 2 is 2.08 bits per heavy atom. The zero-order chi connectivity index (χ0) is 16.8. The van der Waals surface area contributed by atoms with Crippen LogP contribution in [0.1, 0.15) is 5.56 Å². The highest BCUT2D eigenvalue weighted by Gasteiger charge is 2.07. The van der Waals surface area contributed by atoms with Gasteiger partial charge in [-0.25, -0.2) is 4.79 Å². The van der Waals surface area contributed by atoms with E-state index in [9.17, 15) is 4.79 Å². The van der Waals surface area contributed by atoms with Gasteiger partial charge in [-0.05, 0) is 29.8 Å². The Morgan fingerprint density at radius 1 is 1.21 bits per heavy atom. The van der Waals surface area contributed by atoms with Crippen molar-refractivity contribution in [2.75, 3.05) is 12.4 Å². The van der Waals surface area contributed by atoms with E-state index in [1.165, 1.54) is 0 Å². The maximum Gasteiger partial charge on any atom is 0.319 e. The first-order chi connectivity index (χ1) is 11.8. The third-order valence-electron chi connectivity index (χ3n) is 3.45. The van der Waals surface area contributed by atoms with Gasteiger partial charge in [0.1, 0.15) is 5.75 Å². The Bertz CT molecular complexity index is 799. The van der Waals surface area contributed by atoms with Crippen LogP contribution in [-0.4, -0.2) is 18.1 Å². The summed E-state index contributed by atoms with van der Waals surface area (Å²) in [7, 11) is 1.56. The van der Waals surface area contributed by atoms with Gasteiger partial charge in [0.25, 0.3) is 0 Å². The summed E-state index contributed by atoms with van der Waals surface area (Å²) in [6.07, 6.45) is 4.97. The van der Waals surface area contributed by atoms with E-state index in [0.717, 1.165) is 16.8 Å². The van der Waals surface area contributed by atoms with E-state index in [1.54, 1.807) is 38.0 Å². The van der Waals surface area contributed by atoms with Gasteiger partial charge in [-0.2, -0.15) is 0 Å². The minimum atomic E-state index is -0.307. The molecule has 0 unspecified atom stereocenters. The lowest BCUT2D eigenvalue weighted by molar-refractivity contribution is 0.251. The van der Waals surface area contributed by atoms with Gasteiger partial charge in [0.15, 0.2) is 0 Å². The molecule has 1 aromatic carbocycles. The maximum atomic E-state index is 12.0. The number of para-hydroxylation sites is 2. The summed E-state index contributed by atoms with van der Waals surface area (Å²) in [5, 5.41) is 5.55. The lowest BCUT2D eigenvalue weighted by atomic mass is 10.2. The number of benzene rings is 1. The number of urea groups is 1. The number of furan rings is 1. The summed E-state index contributed by atoms with van der Waals surface area (Å²) in [5.41, 5.74) is 3.26. The average molecular weight is 323 g/mol. The van der Waals surface area contributed by atoms with E-state index in [-0.39, 0.29) is 6.03 Å². The lowest BCUT2D eigenvalue weighted by Crippen LogP contribution is -2.28. The van der Waals surface area contributed by atoms with E-state index < -0.39 is 0 Å². The van der Waals surface area contributed by atoms with Crippen LogP contribution in [-0.2, 0) is 6.54 Å². The number of ether oxygens (including phenoxy) is 1. The van der Waals surface area contributed by atoms with Crippen molar-refractivity contribution in [3.05, 3.63) is 66.8 Å². The summed E-state index contributed by atoms with van der Waals surface area (Å²) in [6.45, 7) is 0.375. The lowest BCUT2D eigenvalue weighted by Gasteiger charge is -2.11. The van der Waals surface area contributed by atoms with Crippen LogP contribution >= 0.6 is 0 Å². The molecule has 0 saturated carbocycles. The fraction of sp³-hybridized carbons (Fsp3) is 0.111. The number of carbonyl (C=O) groups excluding carboxylic acids is 1. The van der Waals surface area contributed by atoms with Gasteiger partial charge in [0.2, 0.25) is 0 Å². The zero-order valence-corrected chi connectivity index (χ0v) is 13.2. The predicted molar refractivity (Wildman–Crippen MR) is 90.8 cm³/mol. The fourth-order valence-electron chi connectivity index (χ4n) is 2.21. The molecule has 122 valence electrons. The van der Waals surface area contributed by atoms with Crippen LogP contribution in [0.4, 0.5) is 10.5 Å². The van der Waals surface area contributed by atoms with Crippen molar-refractivity contribution in [1.29, 1.82) is 0 Å². The molecular weight excluding hydrogens is 306 g/mol. The highest BCUT2D eigenvalue weighted by Crippen LogP contribution is 2.22. The molecule has 0 aliphatic rings. The molecule has 2 amide bonds. The molecule has 0 aliphatic heterocycles. The van der Waals surface area contributed by atoms with Crippen LogP contribution < -0.4 is 15.4 Å². The van der Waals surface area contributed by atoms with Gasteiger partial charge in [0.05, 0.1) is 31.0 Å². The van der Waals surface area contributed by atoms with Crippen LogP contribution in [0.5, 0.6) is 5.75 Å². The Kier molecular flexibility index (Phi) is 4.76. The predicted octanol–water partition coefficient (Wildman–Crippen LogP) is 3.67. The summed E-state index contributed by atoms with van der Waals surface area (Å²) < 4.78 is 10.2. The third kappa shape index (κ3) is 3.73. The van der Waals surface area contributed by atoms with E-state index in [1.807, 2.05) is 30.3 Å². The highest BCUT2D eigenvalue weighted by atomic mass is 16.5. The summed E-state index contributed by atoms with van der Waals surface area (Å²) in [4.78, 5) is 16.4. The van der Waals surface area contributed by atoms with E-state index in [4.69, 9.17) is 9.15 Å². The molecule has 0 bridgehead atoms. The van der Waals surface area contributed by atoms with Gasteiger partial charge in [-0.1, -0.05) is 18.2 Å². The van der Waals surface area contributed by atoms with Crippen LogP contribution in [0.25, 0.3) is 11.3 Å². The Morgan fingerprint density at radius 3 is 2.79 bits per heavy atom. The largest absolute Gasteiger partial charge is 0.495 e. The number of carbonyl (C=O) groups is 1. The molecule has 3 aromatic rings. The minimum absolute atomic E-state index is 0.307. The number of aromatic nitrogens is 1. The standard InChI is InChI=1S/C18H17N3O3/c1-23-17-5-3-2-4-16(17)21-18(22)20-11-13-6-7-15(19-10-13)14-8-9-24-12-14/h2-10,12H,11H2,1H3,(H2,20,21,22). The van der Waals surface area contributed by atoms with Crippen molar-refractivity contribution < 1.29 is 13.9 Å². The van der Waals surface area contributed by atoms with E-state index in [0.29, 0.717) is 18.0 Å². The van der Waals surface area contributed by atoms with Gasteiger partial charge in [0, 0.05) is 18.3 Å². The van der Waals surface area contributed by atoms with Gasteiger partial charge < -0.3 is 19.8 Å². The van der Waals surface area contributed by atoms with Gasteiger partial charge in [-0.15, -0.1) is 0 Å². The van der Waals surface area contributed by atoms with Crippen LogP contribution in [0, 0.1) is 0 Å². The van der Waals surface area contributed by atoms with Crippen molar-refractivity contribution in [3.63, 3.8) is 0 Å². The molecule has 0 atom stereocenters. The first-order valence-corrected chi connectivity index (χ1v) is 7.41. The Labute approximate surface area is 139 Å². The zero-order valence-electron chi connectivity index (χ0n) is 13.2. The molecule has 6 nitrogen and oxygen atoms in total. The summed E-state index contributed by atoms with van der Waals surface area (Å²) in [6, 6.07) is 12.6. The molecule has 2 heterocycles. The molecule has 0 radical (unpaired) electrons. The van der Waals surface area contributed by atoms with Gasteiger partial charge in [-0.3, -0.25) is 4.98 Å². The second-order valence-corrected chi connectivity index (χ2v) is 5.07. The SMILES string of the molecule is COc1ccccc1NC(=O)NCc1ccc(-c2ccoc2)nc1. The molecular formula is C18H17N3O3. The molecule has 2 N–H and O–H groups in total. The van der Waals surface area contributed by atoms with Crippen molar-refractivity contribution in [2.24, 2.45) is 0 Å². The number of pyridine rings is 1. The number of nitrogens with zero attached hydrogens (tertiary/aromatic N) is 1. The van der Waals surface area contributed by atoms with E-state index in [2.05, 4.69) is 15.6 Å². The number of methoxy groups -OCH3 is 1. The number of hydrogen-bond acceptors (Lipinski definition) is 4. The number of nitrogens with one attached hydrogen (secondary N) is 2. The van der Waals surface area contributed by atoms with Crippen LogP contribution in [0.15, 0.2) is 65.6 Å². The smallest absolute Gasteiger partial charge is 0.319 e. The topological polar surface area (TPSA) is 76.4 Å². The third-order valence-corrected chi connectivity index (χ3v) is 3.45. The van der Waals surface area contributed by atoms with Crippen LogP contribution in [0.2, 0.25) is 0 Å². The Hall–Kier alpha value is -3.28. The molecule has 0 fully saturated rings. The van der Waals surface area contributed by atoms with Crippen molar-refractivity contribution in [2.45, 2.75) is 6.54 Å². The second kappa shape index (κ2) is 7.32. The molecule has 0 aliphatic carbocycles. The summed E-state index contributed by atoms with van der Waals surface area (Å²) in [5.74, 6) is 0.610. The normalized spacial score (nSPS) is 10.2. The van der Waals surface area contributed by atoms with E-state index >= 15 is 0 Å². The summed E-state index contributed by atoms with van der Waals surface area (Å²) >= 11 is 0. The highest BCUT2D eigenvalue weighted by molar-refractivity contribution is 5.90. The molecule has 2 aromatic heterocycles. The van der Waals surface area contributed by atoms with Crippen LogP contribution in [0.3, 0.4) is 0 Å². The minimum Gasteiger partial charge on any atom is -0.495 e. The second-order valence-electron chi connectivity index (χ2n) is 5.07. The molecule has 3 rings (SSSR count). The Balaban J connectivity index is 1.56. The van der Waals surface area contributed by atoms with Crippen molar-refractivity contribution in [3.8, 4) is 17.0 Å². The number of rotatable bonds is 5. The van der Waals surface area contributed by atoms with Crippen molar-refractivity contribution >= 4 is 11.7 Å². The number of anilines is 1. The maximum absolute atomic E-state index is 12.0. The molecule has 0 spiro atoms. The quantitative estimate of drug-likeness (QED) is 0.751. The first-order valence-electron chi connectivity index (χ1n) is 7.41. The molecule has 0 saturated heterocycles. The number of hydrogen-bond donors (Lipinski definition) is 2. The monoisotopic (exact) mass is 323 g/mol. The van der Waals surface area contributed by atoms with Gasteiger partial charge >= 0.3 is 6.03 Å².